The number of benzene rings is 1. The molecule has 0 fully saturated rings. The zero-order chi connectivity index (χ0) is 15.2. The van der Waals surface area contributed by atoms with Crippen molar-refractivity contribution in [2.45, 2.75) is 24.3 Å². The van der Waals surface area contributed by atoms with Gasteiger partial charge in [-0.25, -0.2) is 13.6 Å². The zero-order valence-corrected chi connectivity index (χ0v) is 12.6. The Morgan fingerprint density at radius 1 is 1.30 bits per heavy atom. The minimum atomic E-state index is -3.66. The van der Waals surface area contributed by atoms with Crippen molar-refractivity contribution < 1.29 is 18.3 Å². The van der Waals surface area contributed by atoms with Gasteiger partial charge in [-0.05, 0) is 44.7 Å². The summed E-state index contributed by atoms with van der Waals surface area (Å²) in [6, 6.07) is 5.99. The average Bonchev–Trinajstić information content (AvgIpc) is 2.36. The van der Waals surface area contributed by atoms with Crippen molar-refractivity contribution in [2.75, 3.05) is 26.7 Å². The van der Waals surface area contributed by atoms with Crippen LogP contribution < -0.4 is 9.88 Å². The first kappa shape index (κ1) is 16.9. The maximum absolute atomic E-state index is 11.1. The molecule has 7 heteroatoms. The number of sulfonamides is 1. The van der Waals surface area contributed by atoms with Crippen LogP contribution in [0.4, 0.5) is 0 Å². The first-order chi connectivity index (χ1) is 9.29. The van der Waals surface area contributed by atoms with Crippen LogP contribution in [0, 0.1) is 0 Å². The fraction of sp³-hybridized carbons (Fsp3) is 0.538. The number of aliphatic hydroxyl groups excluding tert-OH is 1. The third-order valence-corrected chi connectivity index (χ3v) is 3.75. The molecule has 0 saturated heterocycles. The van der Waals surface area contributed by atoms with Gasteiger partial charge in [0.05, 0.1) is 11.0 Å². The molecule has 0 aliphatic rings. The van der Waals surface area contributed by atoms with Crippen molar-refractivity contribution in [2.24, 2.45) is 5.14 Å². The van der Waals surface area contributed by atoms with Gasteiger partial charge in [0, 0.05) is 13.1 Å². The van der Waals surface area contributed by atoms with Crippen molar-refractivity contribution in [1.82, 2.24) is 4.90 Å². The Morgan fingerprint density at radius 3 is 2.40 bits per heavy atom. The summed E-state index contributed by atoms with van der Waals surface area (Å²) in [4.78, 5) is 2.13. The van der Waals surface area contributed by atoms with Crippen molar-refractivity contribution in [3.63, 3.8) is 0 Å². The van der Waals surface area contributed by atoms with Crippen LogP contribution >= 0.6 is 0 Å². The summed E-state index contributed by atoms with van der Waals surface area (Å²) in [5.74, 6) is 0.598. The minimum Gasteiger partial charge on any atom is -0.492 e. The Bertz CT molecular complexity index is 500. The number of aliphatic hydroxyl groups is 1. The molecule has 1 aromatic rings. The van der Waals surface area contributed by atoms with E-state index in [1.807, 2.05) is 7.05 Å². The van der Waals surface area contributed by atoms with Crippen LogP contribution in [-0.4, -0.2) is 51.3 Å². The Morgan fingerprint density at radius 2 is 1.90 bits per heavy atom. The maximum atomic E-state index is 11.1. The van der Waals surface area contributed by atoms with E-state index in [-0.39, 0.29) is 11.0 Å². The van der Waals surface area contributed by atoms with Gasteiger partial charge < -0.3 is 14.7 Å². The second-order valence-corrected chi connectivity index (χ2v) is 6.37. The van der Waals surface area contributed by atoms with E-state index in [4.69, 9.17) is 9.88 Å². The maximum Gasteiger partial charge on any atom is 0.238 e. The monoisotopic (exact) mass is 302 g/mol. The van der Waals surface area contributed by atoms with Crippen molar-refractivity contribution in [1.29, 1.82) is 0 Å². The molecule has 0 bridgehead atoms. The number of hydrogen-bond acceptors (Lipinski definition) is 5. The minimum absolute atomic E-state index is 0.0684. The van der Waals surface area contributed by atoms with Crippen LogP contribution in [0.3, 0.4) is 0 Å². The Hall–Kier alpha value is -1.15. The molecule has 6 nitrogen and oxygen atoms in total. The van der Waals surface area contributed by atoms with Crippen LogP contribution in [0.25, 0.3) is 0 Å². The van der Waals surface area contributed by atoms with E-state index < -0.39 is 10.0 Å². The highest BCUT2D eigenvalue weighted by Crippen LogP contribution is 2.14. The van der Waals surface area contributed by atoms with Crippen molar-refractivity contribution in [3.05, 3.63) is 24.3 Å². The van der Waals surface area contributed by atoms with E-state index >= 15 is 0 Å². The Balaban J connectivity index is 2.36. The van der Waals surface area contributed by atoms with Gasteiger partial charge in [-0.3, -0.25) is 0 Å². The van der Waals surface area contributed by atoms with Gasteiger partial charge in [0.2, 0.25) is 10.0 Å². The number of hydrogen-bond donors (Lipinski definition) is 2. The lowest BCUT2D eigenvalue weighted by molar-refractivity contribution is 0.157. The predicted molar refractivity (Wildman–Crippen MR) is 77.1 cm³/mol. The van der Waals surface area contributed by atoms with Gasteiger partial charge in [0.15, 0.2) is 0 Å². The summed E-state index contributed by atoms with van der Waals surface area (Å²) in [6.07, 6.45) is 0.420. The molecule has 0 aliphatic carbocycles. The SMILES string of the molecule is CC(O)CCN(C)CCOc1ccc(S(N)(=O)=O)cc1. The smallest absolute Gasteiger partial charge is 0.238 e. The summed E-state index contributed by atoms with van der Waals surface area (Å²) in [5.41, 5.74) is 0. The predicted octanol–water partition coefficient (Wildman–Crippen LogP) is 0.416. The van der Waals surface area contributed by atoms with Gasteiger partial charge >= 0.3 is 0 Å². The molecule has 0 spiro atoms. The first-order valence-corrected chi connectivity index (χ1v) is 7.96. The van der Waals surface area contributed by atoms with Gasteiger partial charge in [-0.1, -0.05) is 0 Å². The largest absolute Gasteiger partial charge is 0.492 e. The molecule has 0 aromatic heterocycles. The lowest BCUT2D eigenvalue weighted by Crippen LogP contribution is -2.27. The summed E-state index contributed by atoms with van der Waals surface area (Å²) in [6.45, 7) is 3.78. The lowest BCUT2D eigenvalue weighted by Gasteiger charge is -2.17. The third kappa shape index (κ3) is 6.33. The molecule has 20 heavy (non-hydrogen) atoms. The number of primary sulfonamides is 1. The Kier molecular flexibility index (Phi) is 6.41. The van der Waals surface area contributed by atoms with Gasteiger partial charge in [-0.15, -0.1) is 0 Å². The molecule has 0 amide bonds. The van der Waals surface area contributed by atoms with E-state index in [0.717, 1.165) is 19.5 Å². The molecule has 0 aliphatic heterocycles. The van der Waals surface area contributed by atoms with Crippen LogP contribution in [0.15, 0.2) is 29.2 Å². The standard InChI is InChI=1S/C13H22N2O4S/c1-11(16)7-8-15(2)9-10-19-12-3-5-13(6-4-12)20(14,17)18/h3-6,11,16H,7-10H2,1-2H3,(H2,14,17,18). The molecular weight excluding hydrogens is 280 g/mol. The van der Waals surface area contributed by atoms with E-state index in [9.17, 15) is 13.5 Å². The molecule has 1 aromatic carbocycles. The highest BCUT2D eigenvalue weighted by Gasteiger charge is 2.07. The normalized spacial score (nSPS) is 13.4. The third-order valence-electron chi connectivity index (χ3n) is 2.82. The molecule has 1 atom stereocenters. The number of nitrogens with two attached hydrogens (primary N) is 1. The molecular formula is C13H22N2O4S. The molecule has 0 radical (unpaired) electrons. The van der Waals surface area contributed by atoms with Crippen LogP contribution in [0.2, 0.25) is 0 Å². The Labute approximate surface area is 120 Å². The zero-order valence-electron chi connectivity index (χ0n) is 11.8. The summed E-state index contributed by atoms with van der Waals surface area (Å²) in [7, 11) is -1.70. The number of likely N-dealkylation sites (N-methyl/N-ethyl adjacent to an activating group) is 1. The summed E-state index contributed by atoms with van der Waals surface area (Å²) >= 11 is 0. The van der Waals surface area contributed by atoms with Gasteiger partial charge in [0.25, 0.3) is 0 Å². The highest BCUT2D eigenvalue weighted by molar-refractivity contribution is 7.89. The summed E-state index contributed by atoms with van der Waals surface area (Å²) < 4.78 is 27.7. The fourth-order valence-electron chi connectivity index (χ4n) is 1.56. The highest BCUT2D eigenvalue weighted by atomic mass is 32.2. The molecule has 0 heterocycles. The lowest BCUT2D eigenvalue weighted by atomic mass is 10.3. The molecule has 114 valence electrons. The molecule has 0 saturated carbocycles. The van der Waals surface area contributed by atoms with E-state index in [1.165, 1.54) is 12.1 Å². The van der Waals surface area contributed by atoms with E-state index in [1.54, 1.807) is 19.1 Å². The topological polar surface area (TPSA) is 92.9 Å². The quantitative estimate of drug-likeness (QED) is 0.726. The molecule has 1 rings (SSSR count). The number of nitrogens with zero attached hydrogens (tertiary/aromatic N) is 1. The fourth-order valence-corrected chi connectivity index (χ4v) is 2.08. The van der Waals surface area contributed by atoms with Gasteiger partial charge in [-0.2, -0.15) is 0 Å². The first-order valence-electron chi connectivity index (χ1n) is 6.41. The summed E-state index contributed by atoms with van der Waals surface area (Å²) in [5, 5.41) is 14.2. The number of rotatable bonds is 8. The van der Waals surface area contributed by atoms with Gasteiger partial charge in [0.1, 0.15) is 12.4 Å². The molecule has 3 N–H and O–H groups in total. The number of ether oxygens (including phenoxy) is 1. The average molecular weight is 302 g/mol. The van der Waals surface area contributed by atoms with Crippen molar-refractivity contribution >= 4 is 10.0 Å². The molecule has 1 unspecified atom stereocenters. The van der Waals surface area contributed by atoms with Crippen LogP contribution in [0.1, 0.15) is 13.3 Å². The second-order valence-electron chi connectivity index (χ2n) is 4.81. The van der Waals surface area contributed by atoms with E-state index in [0.29, 0.717) is 12.4 Å². The van der Waals surface area contributed by atoms with Crippen molar-refractivity contribution in [3.8, 4) is 5.75 Å². The van der Waals surface area contributed by atoms with Crippen LogP contribution in [-0.2, 0) is 10.0 Å². The van der Waals surface area contributed by atoms with Crippen LogP contribution in [0.5, 0.6) is 5.75 Å². The second kappa shape index (κ2) is 7.58. The van der Waals surface area contributed by atoms with E-state index in [2.05, 4.69) is 4.90 Å².